The van der Waals surface area contributed by atoms with Crippen molar-refractivity contribution in [2.24, 2.45) is 0 Å². The monoisotopic (exact) mass is 228 g/mol. The Labute approximate surface area is 81.9 Å². The lowest BCUT2D eigenvalue weighted by atomic mass is 10.1. The van der Waals surface area contributed by atoms with E-state index in [1.54, 1.807) is 13.8 Å². The summed E-state index contributed by atoms with van der Waals surface area (Å²) in [6.07, 6.45) is -0.288. The molecule has 1 heterocycles. The topological polar surface area (TPSA) is 68.2 Å². The maximum atomic E-state index is 8.82. The molecule has 1 saturated heterocycles. The van der Waals surface area contributed by atoms with Crippen molar-refractivity contribution in [2.45, 2.75) is 25.7 Å². The third-order valence-electron chi connectivity index (χ3n) is 1.61. The molecule has 0 aromatic heterocycles. The third-order valence-corrected chi connectivity index (χ3v) is 2.39. The highest BCUT2D eigenvalue weighted by Crippen LogP contribution is 2.38. The van der Waals surface area contributed by atoms with Crippen molar-refractivity contribution < 1.29 is 23.8 Å². The van der Waals surface area contributed by atoms with Crippen LogP contribution in [-0.2, 0) is 25.8 Å². The molecule has 78 valence electrons. The lowest BCUT2D eigenvalue weighted by molar-refractivity contribution is -0.0836. The Bertz CT molecular complexity index is 229. The standard InChI is InChI=1S/C6H13O5PS/c1-5-9-3-6(2,11-5)4-10-12(7,8)13/h5H,3-4H2,1-2H3,(H2,7,8,13)/t5-,6-/m1/s1. The minimum atomic E-state index is -3.58. The van der Waals surface area contributed by atoms with Crippen molar-refractivity contribution in [3.05, 3.63) is 0 Å². The van der Waals surface area contributed by atoms with Crippen LogP contribution in [0.2, 0.25) is 0 Å². The van der Waals surface area contributed by atoms with Gasteiger partial charge in [-0.1, -0.05) is 0 Å². The summed E-state index contributed by atoms with van der Waals surface area (Å²) >= 11 is 4.30. The molecule has 0 aromatic carbocycles. The Kier molecular flexibility index (Phi) is 3.46. The molecule has 1 aliphatic rings. The molecule has 1 aliphatic heterocycles. The Hall–Kier alpha value is 0.450. The van der Waals surface area contributed by atoms with Gasteiger partial charge in [0.1, 0.15) is 5.60 Å². The summed E-state index contributed by atoms with van der Waals surface area (Å²) in [5.41, 5.74) is -0.630. The van der Waals surface area contributed by atoms with Crippen molar-refractivity contribution in [3.8, 4) is 0 Å². The SMILES string of the molecule is C[C@@H]1OC[C@](C)(COP(O)(O)=S)O1. The van der Waals surface area contributed by atoms with Crippen molar-refractivity contribution in [2.75, 3.05) is 13.2 Å². The van der Waals surface area contributed by atoms with Crippen molar-refractivity contribution in [3.63, 3.8) is 0 Å². The second-order valence-corrected chi connectivity index (χ2v) is 5.88. The van der Waals surface area contributed by atoms with Gasteiger partial charge in [-0.2, -0.15) is 0 Å². The summed E-state index contributed by atoms with van der Waals surface area (Å²) in [5.74, 6) is 0. The molecule has 1 rings (SSSR count). The summed E-state index contributed by atoms with van der Waals surface area (Å²) in [6.45, 7) is 0.340. The van der Waals surface area contributed by atoms with Crippen LogP contribution in [0.1, 0.15) is 13.8 Å². The van der Waals surface area contributed by atoms with E-state index < -0.39 is 12.3 Å². The Morgan fingerprint density at radius 1 is 1.69 bits per heavy atom. The van der Waals surface area contributed by atoms with Crippen LogP contribution in [0.3, 0.4) is 0 Å². The molecule has 13 heavy (non-hydrogen) atoms. The first-order valence-electron chi connectivity index (χ1n) is 3.80. The highest BCUT2D eigenvalue weighted by molar-refractivity contribution is 8.06. The summed E-state index contributed by atoms with van der Waals surface area (Å²) in [6, 6.07) is 0. The predicted molar refractivity (Wildman–Crippen MR) is 49.6 cm³/mol. The second kappa shape index (κ2) is 3.90. The van der Waals surface area contributed by atoms with Crippen molar-refractivity contribution in [1.82, 2.24) is 0 Å². The zero-order valence-corrected chi connectivity index (χ0v) is 9.18. The van der Waals surface area contributed by atoms with E-state index in [0.29, 0.717) is 6.61 Å². The molecule has 0 bridgehead atoms. The van der Waals surface area contributed by atoms with Crippen LogP contribution < -0.4 is 0 Å². The quantitative estimate of drug-likeness (QED) is 0.680. The summed E-state index contributed by atoms with van der Waals surface area (Å²) in [4.78, 5) is 17.6. The minimum absolute atomic E-state index is 0.0294. The van der Waals surface area contributed by atoms with Gasteiger partial charge in [-0.05, 0) is 25.7 Å². The van der Waals surface area contributed by atoms with Gasteiger partial charge in [-0.3, -0.25) is 0 Å². The van der Waals surface area contributed by atoms with Crippen LogP contribution in [0.15, 0.2) is 0 Å². The highest BCUT2D eigenvalue weighted by Gasteiger charge is 2.36. The van der Waals surface area contributed by atoms with E-state index in [1.165, 1.54) is 0 Å². The average molecular weight is 228 g/mol. The molecule has 0 radical (unpaired) electrons. The Morgan fingerprint density at radius 3 is 2.69 bits per heavy atom. The van der Waals surface area contributed by atoms with Gasteiger partial charge < -0.3 is 23.8 Å². The zero-order chi connectivity index (χ0) is 10.1. The number of ether oxygens (including phenoxy) is 2. The van der Waals surface area contributed by atoms with E-state index in [-0.39, 0.29) is 12.9 Å². The highest BCUT2D eigenvalue weighted by atomic mass is 32.5. The van der Waals surface area contributed by atoms with Crippen molar-refractivity contribution >= 4 is 18.5 Å². The molecule has 0 saturated carbocycles. The molecule has 2 N–H and O–H groups in total. The average Bonchev–Trinajstić information content (AvgIpc) is 2.27. The normalized spacial score (nSPS) is 35.2. The molecule has 0 aromatic rings. The molecule has 5 nitrogen and oxygen atoms in total. The molecule has 2 atom stereocenters. The summed E-state index contributed by atoms with van der Waals surface area (Å²) < 4.78 is 15.2. The maximum Gasteiger partial charge on any atom is 0.321 e. The van der Waals surface area contributed by atoms with Gasteiger partial charge in [0.05, 0.1) is 13.2 Å². The van der Waals surface area contributed by atoms with E-state index in [1.807, 2.05) is 0 Å². The van der Waals surface area contributed by atoms with Crippen molar-refractivity contribution in [1.29, 1.82) is 0 Å². The first-order chi connectivity index (χ1) is 5.81. The molecule has 0 unspecified atom stereocenters. The largest absolute Gasteiger partial charge is 0.350 e. The van der Waals surface area contributed by atoms with Crippen LogP contribution in [0.25, 0.3) is 0 Å². The third kappa shape index (κ3) is 3.99. The summed E-state index contributed by atoms with van der Waals surface area (Å²) in [7, 11) is 0. The van der Waals surface area contributed by atoms with E-state index >= 15 is 0 Å². The molecule has 1 fully saturated rings. The summed E-state index contributed by atoms with van der Waals surface area (Å²) in [5, 5.41) is 0. The lowest BCUT2D eigenvalue weighted by Crippen LogP contribution is -2.33. The minimum Gasteiger partial charge on any atom is -0.350 e. The van der Waals surface area contributed by atoms with Gasteiger partial charge in [-0.25, -0.2) is 0 Å². The fraction of sp³-hybridized carbons (Fsp3) is 1.00. The molecular formula is C6H13O5PS. The molecule has 0 amide bonds. The molecule has 0 spiro atoms. The van der Waals surface area contributed by atoms with Crippen LogP contribution in [0, 0.1) is 0 Å². The molecular weight excluding hydrogens is 215 g/mol. The van der Waals surface area contributed by atoms with Gasteiger partial charge in [0.25, 0.3) is 0 Å². The fourth-order valence-electron chi connectivity index (χ4n) is 1.06. The number of rotatable bonds is 3. The first-order valence-corrected chi connectivity index (χ1v) is 6.43. The fourth-order valence-corrected chi connectivity index (χ4v) is 1.66. The smallest absolute Gasteiger partial charge is 0.321 e. The van der Waals surface area contributed by atoms with E-state index in [9.17, 15) is 0 Å². The maximum absolute atomic E-state index is 8.82. The van der Waals surface area contributed by atoms with Gasteiger partial charge >= 0.3 is 6.72 Å². The van der Waals surface area contributed by atoms with Gasteiger partial charge in [-0.15, -0.1) is 0 Å². The van der Waals surface area contributed by atoms with Gasteiger partial charge in [0, 0.05) is 0 Å². The van der Waals surface area contributed by atoms with E-state index in [2.05, 4.69) is 11.8 Å². The number of hydrogen-bond acceptors (Lipinski definition) is 4. The second-order valence-electron chi connectivity index (χ2n) is 3.21. The number of hydrogen-bond donors (Lipinski definition) is 2. The van der Waals surface area contributed by atoms with E-state index in [4.69, 9.17) is 23.8 Å². The van der Waals surface area contributed by atoms with Crippen LogP contribution in [-0.4, -0.2) is 34.9 Å². The molecule has 7 heteroatoms. The van der Waals surface area contributed by atoms with E-state index in [0.717, 1.165) is 0 Å². The van der Waals surface area contributed by atoms with Crippen LogP contribution >= 0.6 is 6.72 Å². The van der Waals surface area contributed by atoms with Crippen LogP contribution in [0.4, 0.5) is 0 Å². The lowest BCUT2D eigenvalue weighted by Gasteiger charge is -2.22. The zero-order valence-electron chi connectivity index (χ0n) is 7.47. The molecule has 0 aliphatic carbocycles. The van der Waals surface area contributed by atoms with Gasteiger partial charge in [0.15, 0.2) is 6.29 Å². The predicted octanol–water partition coefficient (Wildman–Crippen LogP) is 0.364. The van der Waals surface area contributed by atoms with Gasteiger partial charge in [0.2, 0.25) is 0 Å². The Morgan fingerprint density at radius 2 is 2.31 bits per heavy atom. The first kappa shape index (κ1) is 11.5. The Balaban J connectivity index is 2.40. The van der Waals surface area contributed by atoms with Crippen LogP contribution in [0.5, 0.6) is 0 Å².